The van der Waals surface area contributed by atoms with Gasteiger partial charge in [-0.05, 0) is 62.6 Å². The zero-order valence-electron chi connectivity index (χ0n) is 17.2. The fraction of sp³-hybridized carbons (Fsp3) is 0.292. The smallest absolute Gasteiger partial charge is 0.251 e. The molecule has 0 spiro atoms. The number of rotatable bonds is 6. The molecule has 4 rings (SSSR count). The molecular formula is C24H26N4O2. The van der Waals surface area contributed by atoms with E-state index in [1.54, 1.807) is 24.3 Å². The summed E-state index contributed by atoms with van der Waals surface area (Å²) in [6, 6.07) is 18.7. The van der Waals surface area contributed by atoms with Gasteiger partial charge < -0.3 is 15.0 Å². The Kier molecular flexibility index (Phi) is 6.23. The zero-order valence-corrected chi connectivity index (χ0v) is 17.2. The Bertz CT molecular complexity index is 984. The van der Waals surface area contributed by atoms with Crippen molar-refractivity contribution in [2.75, 3.05) is 18.0 Å². The molecule has 1 aliphatic rings. The average Bonchev–Trinajstić information content (AvgIpc) is 2.79. The van der Waals surface area contributed by atoms with E-state index in [9.17, 15) is 4.79 Å². The third-order valence-corrected chi connectivity index (χ3v) is 5.07. The summed E-state index contributed by atoms with van der Waals surface area (Å²) in [6.07, 6.45) is 3.66. The summed E-state index contributed by atoms with van der Waals surface area (Å²) in [5, 5.41) is 2.92. The van der Waals surface area contributed by atoms with Crippen molar-refractivity contribution in [3.63, 3.8) is 0 Å². The van der Waals surface area contributed by atoms with Crippen LogP contribution >= 0.6 is 0 Å². The highest BCUT2D eigenvalue weighted by Crippen LogP contribution is 2.21. The van der Waals surface area contributed by atoms with Gasteiger partial charge in [0.25, 0.3) is 5.91 Å². The number of piperidine rings is 1. The first-order valence-electron chi connectivity index (χ1n) is 10.4. The summed E-state index contributed by atoms with van der Waals surface area (Å²) < 4.78 is 5.77. The van der Waals surface area contributed by atoms with Crippen LogP contribution in [0.4, 0.5) is 5.82 Å². The molecule has 0 radical (unpaired) electrons. The van der Waals surface area contributed by atoms with Crippen LogP contribution < -0.4 is 15.0 Å². The molecule has 0 aliphatic carbocycles. The summed E-state index contributed by atoms with van der Waals surface area (Å²) in [4.78, 5) is 24.0. The van der Waals surface area contributed by atoms with E-state index in [1.807, 2.05) is 43.3 Å². The van der Waals surface area contributed by atoms with Crippen LogP contribution in [-0.4, -0.2) is 29.0 Å². The van der Waals surface area contributed by atoms with E-state index in [-0.39, 0.29) is 5.91 Å². The van der Waals surface area contributed by atoms with Gasteiger partial charge in [-0.1, -0.05) is 18.2 Å². The molecule has 6 nitrogen and oxygen atoms in total. The fourth-order valence-corrected chi connectivity index (χ4v) is 3.54. The molecule has 1 aliphatic heterocycles. The number of ether oxygens (including phenoxy) is 1. The molecule has 0 bridgehead atoms. The van der Waals surface area contributed by atoms with Gasteiger partial charge in [0.2, 0.25) is 0 Å². The van der Waals surface area contributed by atoms with Crippen molar-refractivity contribution >= 4 is 11.7 Å². The third-order valence-electron chi connectivity index (χ3n) is 5.07. The van der Waals surface area contributed by atoms with Crippen LogP contribution in [0.3, 0.4) is 0 Å². The monoisotopic (exact) mass is 402 g/mol. The molecule has 1 saturated heterocycles. The number of anilines is 1. The maximum absolute atomic E-state index is 12.5. The van der Waals surface area contributed by atoms with E-state index < -0.39 is 0 Å². The second-order valence-electron chi connectivity index (χ2n) is 7.45. The van der Waals surface area contributed by atoms with Crippen LogP contribution in [0.25, 0.3) is 0 Å². The molecule has 1 N–H and O–H groups in total. The number of hydrogen-bond acceptors (Lipinski definition) is 5. The molecule has 2 heterocycles. The Morgan fingerprint density at radius 1 is 0.967 bits per heavy atom. The normalized spacial score (nSPS) is 13.7. The molecule has 3 aromatic rings. The predicted octanol–water partition coefficient (Wildman–Crippen LogP) is 4.50. The number of hydrogen-bond donors (Lipinski definition) is 1. The molecule has 1 fully saturated rings. The quantitative estimate of drug-likeness (QED) is 0.658. The second kappa shape index (κ2) is 9.39. The molecule has 1 aromatic heterocycles. The standard InChI is InChI=1S/C24H26N4O2/c1-18-16-23(28-14-6-3-7-15-28)27-22(26-18)17-25-24(29)19-10-12-21(13-11-19)30-20-8-4-2-5-9-20/h2,4-5,8-13,16H,3,6-7,14-15,17H2,1H3,(H,25,29). The maximum Gasteiger partial charge on any atom is 0.251 e. The first-order chi connectivity index (χ1) is 14.7. The Labute approximate surface area is 176 Å². The second-order valence-corrected chi connectivity index (χ2v) is 7.45. The number of carbonyl (C=O) groups is 1. The van der Waals surface area contributed by atoms with E-state index in [4.69, 9.17) is 4.74 Å². The third kappa shape index (κ3) is 5.14. The van der Waals surface area contributed by atoms with Crippen LogP contribution in [0.5, 0.6) is 11.5 Å². The maximum atomic E-state index is 12.5. The van der Waals surface area contributed by atoms with E-state index in [0.717, 1.165) is 30.4 Å². The number of carbonyl (C=O) groups excluding carboxylic acids is 1. The first-order valence-corrected chi connectivity index (χ1v) is 10.4. The molecule has 1 amide bonds. The van der Waals surface area contributed by atoms with Crippen LogP contribution in [0.15, 0.2) is 60.7 Å². The van der Waals surface area contributed by atoms with Crippen molar-refractivity contribution in [2.24, 2.45) is 0 Å². The molecule has 0 unspecified atom stereocenters. The summed E-state index contributed by atoms with van der Waals surface area (Å²) in [5.41, 5.74) is 1.48. The number of benzene rings is 2. The Morgan fingerprint density at radius 2 is 1.67 bits per heavy atom. The van der Waals surface area contributed by atoms with E-state index >= 15 is 0 Å². The average molecular weight is 402 g/mol. The summed E-state index contributed by atoms with van der Waals surface area (Å²) in [6.45, 7) is 4.31. The summed E-state index contributed by atoms with van der Waals surface area (Å²) in [7, 11) is 0. The number of amides is 1. The van der Waals surface area contributed by atoms with Gasteiger partial charge in [0.05, 0.1) is 6.54 Å². The van der Waals surface area contributed by atoms with Gasteiger partial charge in [0, 0.05) is 30.4 Å². The Morgan fingerprint density at radius 3 is 2.40 bits per heavy atom. The Balaban J connectivity index is 1.36. The van der Waals surface area contributed by atoms with Crippen molar-refractivity contribution in [3.8, 4) is 11.5 Å². The van der Waals surface area contributed by atoms with Crippen molar-refractivity contribution in [2.45, 2.75) is 32.7 Å². The molecule has 6 heteroatoms. The molecular weight excluding hydrogens is 376 g/mol. The van der Waals surface area contributed by atoms with Crippen LogP contribution in [0, 0.1) is 6.92 Å². The molecule has 30 heavy (non-hydrogen) atoms. The van der Waals surface area contributed by atoms with Gasteiger partial charge in [-0.15, -0.1) is 0 Å². The van der Waals surface area contributed by atoms with E-state index in [2.05, 4.69) is 20.2 Å². The van der Waals surface area contributed by atoms with Crippen LogP contribution in [-0.2, 0) is 6.54 Å². The number of para-hydroxylation sites is 1. The summed E-state index contributed by atoms with van der Waals surface area (Å²) in [5.74, 6) is 2.87. The van der Waals surface area contributed by atoms with Gasteiger partial charge in [-0.2, -0.15) is 0 Å². The topological polar surface area (TPSA) is 67.4 Å². The fourth-order valence-electron chi connectivity index (χ4n) is 3.54. The van der Waals surface area contributed by atoms with Crippen molar-refractivity contribution in [1.82, 2.24) is 15.3 Å². The minimum Gasteiger partial charge on any atom is -0.457 e. The van der Waals surface area contributed by atoms with Crippen LogP contribution in [0.2, 0.25) is 0 Å². The Hall–Kier alpha value is -3.41. The van der Waals surface area contributed by atoms with Gasteiger partial charge >= 0.3 is 0 Å². The molecule has 0 atom stereocenters. The van der Waals surface area contributed by atoms with Crippen molar-refractivity contribution < 1.29 is 9.53 Å². The van der Waals surface area contributed by atoms with Gasteiger partial charge in [-0.3, -0.25) is 4.79 Å². The molecule has 0 saturated carbocycles. The van der Waals surface area contributed by atoms with Gasteiger partial charge in [-0.25, -0.2) is 9.97 Å². The van der Waals surface area contributed by atoms with Crippen LogP contribution in [0.1, 0.15) is 41.1 Å². The highest BCUT2D eigenvalue weighted by molar-refractivity contribution is 5.94. The molecule has 2 aromatic carbocycles. The highest BCUT2D eigenvalue weighted by atomic mass is 16.5. The van der Waals surface area contributed by atoms with Crippen molar-refractivity contribution in [3.05, 3.63) is 77.7 Å². The lowest BCUT2D eigenvalue weighted by Gasteiger charge is -2.28. The van der Waals surface area contributed by atoms with Gasteiger partial charge in [0.1, 0.15) is 23.1 Å². The SMILES string of the molecule is Cc1cc(N2CCCCC2)nc(CNC(=O)c2ccc(Oc3ccccc3)cc2)n1. The van der Waals surface area contributed by atoms with Crippen molar-refractivity contribution in [1.29, 1.82) is 0 Å². The van der Waals surface area contributed by atoms with Gasteiger partial charge in [0.15, 0.2) is 0 Å². The molecule has 154 valence electrons. The first kappa shape index (κ1) is 19.9. The minimum absolute atomic E-state index is 0.161. The number of aromatic nitrogens is 2. The minimum atomic E-state index is -0.161. The lowest BCUT2D eigenvalue weighted by Crippen LogP contribution is -2.31. The lowest BCUT2D eigenvalue weighted by atomic mass is 10.1. The number of nitrogens with zero attached hydrogens (tertiary/aromatic N) is 3. The van der Waals surface area contributed by atoms with E-state index in [0.29, 0.717) is 23.7 Å². The number of aryl methyl sites for hydroxylation is 1. The predicted molar refractivity (Wildman–Crippen MR) is 117 cm³/mol. The highest BCUT2D eigenvalue weighted by Gasteiger charge is 2.14. The van der Waals surface area contributed by atoms with E-state index in [1.165, 1.54) is 19.3 Å². The zero-order chi connectivity index (χ0) is 20.8. The lowest BCUT2D eigenvalue weighted by molar-refractivity contribution is 0.0950. The largest absolute Gasteiger partial charge is 0.457 e. The summed E-state index contributed by atoms with van der Waals surface area (Å²) >= 11 is 0. The number of nitrogens with one attached hydrogen (secondary N) is 1.